The molecule has 0 fully saturated rings. The van der Waals surface area contributed by atoms with Gasteiger partial charge >= 0.3 is 0 Å². The van der Waals surface area contributed by atoms with E-state index in [4.69, 9.17) is 4.74 Å². The van der Waals surface area contributed by atoms with Crippen molar-refractivity contribution in [2.75, 3.05) is 6.61 Å². The summed E-state index contributed by atoms with van der Waals surface area (Å²) in [4.78, 5) is 25.1. The molecule has 29 heavy (non-hydrogen) atoms. The van der Waals surface area contributed by atoms with Crippen molar-refractivity contribution in [3.63, 3.8) is 0 Å². The number of H-pyrrole nitrogens is 4. The molecule has 0 atom stereocenters. The number of halogens is 1. The van der Waals surface area contributed by atoms with Crippen molar-refractivity contribution in [2.45, 2.75) is 52.4 Å². The average molecular weight is 421 g/mol. The van der Waals surface area contributed by atoms with Crippen molar-refractivity contribution in [2.24, 2.45) is 0 Å². The summed E-state index contributed by atoms with van der Waals surface area (Å²) in [6, 6.07) is 7.63. The van der Waals surface area contributed by atoms with E-state index in [1.54, 1.807) is 0 Å². The summed E-state index contributed by atoms with van der Waals surface area (Å²) in [5.74, 6) is 0.167. The molecule has 8 heteroatoms. The van der Waals surface area contributed by atoms with Gasteiger partial charge in [-0.3, -0.25) is 19.8 Å². The van der Waals surface area contributed by atoms with Gasteiger partial charge in [-0.2, -0.15) is 0 Å². The zero-order valence-corrected chi connectivity index (χ0v) is 17.9. The zero-order chi connectivity index (χ0) is 20.1. The van der Waals surface area contributed by atoms with Crippen LogP contribution in [-0.2, 0) is 0 Å². The van der Waals surface area contributed by atoms with E-state index in [-0.39, 0.29) is 23.5 Å². The number of hydrogen-bond acceptors (Lipinski definition) is 3. The second kappa shape index (κ2) is 10.2. The van der Waals surface area contributed by atoms with Crippen molar-refractivity contribution in [3.8, 4) is 5.75 Å². The molecule has 0 aliphatic heterocycles. The van der Waals surface area contributed by atoms with Gasteiger partial charge in [0.25, 0.3) is 11.1 Å². The quantitative estimate of drug-likeness (QED) is 0.394. The number of rotatable bonds is 9. The Kier molecular flexibility index (Phi) is 7.96. The van der Waals surface area contributed by atoms with Crippen LogP contribution in [-0.4, -0.2) is 27.0 Å². The largest absolute Gasteiger partial charge is 0.493 e. The van der Waals surface area contributed by atoms with Crippen LogP contribution in [0.2, 0.25) is 0 Å². The Hall–Kier alpha value is -2.67. The molecule has 2 aromatic heterocycles. The van der Waals surface area contributed by atoms with Gasteiger partial charge in [0, 0.05) is 17.0 Å². The van der Waals surface area contributed by atoms with Crippen LogP contribution in [0.4, 0.5) is 0 Å². The van der Waals surface area contributed by atoms with Crippen LogP contribution in [0.15, 0.2) is 33.9 Å². The van der Waals surface area contributed by atoms with Crippen molar-refractivity contribution in [3.05, 3.63) is 73.1 Å². The molecule has 0 aliphatic rings. The third-order valence-corrected chi connectivity index (χ3v) is 5.09. The molecule has 0 aliphatic carbocycles. The van der Waals surface area contributed by atoms with Crippen molar-refractivity contribution >= 4 is 12.4 Å². The average Bonchev–Trinajstić information content (AvgIpc) is 3.19. The fraction of sp³-hybridized carbons (Fsp3) is 0.429. The summed E-state index contributed by atoms with van der Waals surface area (Å²) < 4.78 is 6.08. The molecule has 0 amide bonds. The number of benzene rings is 1. The lowest BCUT2D eigenvalue weighted by molar-refractivity contribution is 0.301. The van der Waals surface area contributed by atoms with Crippen LogP contribution in [0.3, 0.4) is 0 Å². The lowest BCUT2D eigenvalue weighted by Crippen LogP contribution is -2.21. The highest BCUT2D eigenvalue weighted by Gasteiger charge is 2.30. The highest BCUT2D eigenvalue weighted by Crippen LogP contribution is 2.36. The van der Waals surface area contributed by atoms with Gasteiger partial charge in [-0.1, -0.05) is 44.4 Å². The van der Waals surface area contributed by atoms with Crippen molar-refractivity contribution in [1.82, 2.24) is 20.4 Å². The minimum Gasteiger partial charge on any atom is -0.493 e. The molecule has 0 radical (unpaired) electrons. The molecule has 0 saturated heterocycles. The monoisotopic (exact) mass is 420 g/mol. The van der Waals surface area contributed by atoms with Gasteiger partial charge in [0.15, 0.2) is 0 Å². The summed E-state index contributed by atoms with van der Waals surface area (Å²) in [7, 11) is 0. The van der Waals surface area contributed by atoms with E-state index in [1.807, 2.05) is 38.1 Å². The van der Waals surface area contributed by atoms with Crippen molar-refractivity contribution < 1.29 is 4.74 Å². The maximum Gasteiger partial charge on any atom is 0.268 e. The fourth-order valence-electron chi connectivity index (χ4n) is 3.62. The third-order valence-electron chi connectivity index (χ3n) is 5.09. The Morgan fingerprint density at radius 2 is 1.45 bits per heavy atom. The summed E-state index contributed by atoms with van der Waals surface area (Å²) >= 11 is 0. The molecule has 158 valence electrons. The molecule has 0 spiro atoms. The highest BCUT2D eigenvalue weighted by molar-refractivity contribution is 5.85. The lowest BCUT2D eigenvalue weighted by atomic mass is 9.85. The SMILES string of the molecule is CCCCCCOc1ccccc1C(c1c(C)[nH][nH]c1=O)c1c(C)[nH][nH]c1=O.Cl. The van der Waals surface area contributed by atoms with Crippen LogP contribution < -0.4 is 15.9 Å². The Bertz CT molecular complexity index is 977. The number of para-hydroxylation sites is 1. The summed E-state index contributed by atoms with van der Waals surface area (Å²) in [6.07, 6.45) is 4.45. The van der Waals surface area contributed by atoms with Gasteiger partial charge in [0.05, 0.1) is 23.7 Å². The van der Waals surface area contributed by atoms with Gasteiger partial charge < -0.3 is 14.9 Å². The van der Waals surface area contributed by atoms with Crippen LogP contribution in [0.25, 0.3) is 0 Å². The summed E-state index contributed by atoms with van der Waals surface area (Å²) in [5, 5.41) is 11.0. The molecular formula is C21H29ClN4O3. The maximum absolute atomic E-state index is 12.6. The van der Waals surface area contributed by atoms with Crippen LogP contribution in [0.1, 0.15) is 66.6 Å². The van der Waals surface area contributed by atoms with Crippen molar-refractivity contribution in [1.29, 1.82) is 0 Å². The number of nitrogens with one attached hydrogen (secondary N) is 4. The zero-order valence-electron chi connectivity index (χ0n) is 17.1. The molecule has 0 bridgehead atoms. The first-order valence-corrected chi connectivity index (χ1v) is 9.80. The number of hydrogen-bond donors (Lipinski definition) is 4. The van der Waals surface area contributed by atoms with Gasteiger partial charge in [0.1, 0.15) is 5.75 Å². The lowest BCUT2D eigenvalue weighted by Gasteiger charge is -2.19. The van der Waals surface area contributed by atoms with Crippen LogP contribution in [0.5, 0.6) is 5.75 Å². The van der Waals surface area contributed by atoms with E-state index < -0.39 is 5.92 Å². The van der Waals surface area contributed by atoms with Gasteiger partial charge in [-0.05, 0) is 26.3 Å². The van der Waals surface area contributed by atoms with E-state index in [9.17, 15) is 9.59 Å². The summed E-state index contributed by atoms with van der Waals surface area (Å²) in [6.45, 7) is 6.43. The molecule has 3 rings (SSSR count). The number of ether oxygens (including phenoxy) is 1. The molecule has 2 heterocycles. The van der Waals surface area contributed by atoms with E-state index in [0.717, 1.165) is 18.4 Å². The second-order valence-electron chi connectivity index (χ2n) is 7.12. The molecule has 4 N–H and O–H groups in total. The normalized spacial score (nSPS) is 10.9. The second-order valence-corrected chi connectivity index (χ2v) is 7.12. The van der Waals surface area contributed by atoms with Crippen LogP contribution in [0, 0.1) is 13.8 Å². The minimum absolute atomic E-state index is 0. The molecule has 0 unspecified atom stereocenters. The smallest absolute Gasteiger partial charge is 0.268 e. The van der Waals surface area contributed by atoms with Crippen LogP contribution >= 0.6 is 12.4 Å². The Morgan fingerprint density at radius 3 is 1.97 bits per heavy atom. The maximum atomic E-state index is 12.6. The van der Waals surface area contributed by atoms with E-state index >= 15 is 0 Å². The topological polar surface area (TPSA) is 107 Å². The minimum atomic E-state index is -0.531. The number of aryl methyl sites for hydroxylation is 2. The standard InChI is InChI=1S/C21H28N4O3.ClH/c1-4-5-6-9-12-28-16-11-8-7-10-15(16)19(17-13(2)22-24-20(17)26)18-14(3)23-25-21(18)27;/h7-8,10-11,19H,4-6,9,12H2,1-3H3,(H2,22,24,26)(H2,23,25,27);1H. The number of unbranched alkanes of at least 4 members (excludes halogenated alkanes) is 3. The summed E-state index contributed by atoms with van der Waals surface area (Å²) in [5.41, 5.74) is 2.78. The first kappa shape index (κ1) is 22.6. The van der Waals surface area contributed by atoms with E-state index in [2.05, 4.69) is 27.3 Å². The first-order valence-electron chi connectivity index (χ1n) is 9.80. The molecule has 1 aromatic carbocycles. The molecule has 3 aromatic rings. The number of aromatic amines is 4. The fourth-order valence-corrected chi connectivity index (χ4v) is 3.62. The van der Waals surface area contributed by atoms with Gasteiger partial charge in [-0.15, -0.1) is 12.4 Å². The Balaban J connectivity index is 0.00000300. The predicted octanol–water partition coefficient (Wildman–Crippen LogP) is 3.90. The number of aromatic nitrogens is 4. The van der Waals surface area contributed by atoms with E-state index in [1.165, 1.54) is 12.8 Å². The molecule has 0 saturated carbocycles. The van der Waals surface area contributed by atoms with Gasteiger partial charge in [0.2, 0.25) is 0 Å². The highest BCUT2D eigenvalue weighted by atomic mass is 35.5. The van der Waals surface area contributed by atoms with E-state index in [0.29, 0.717) is 34.9 Å². The Morgan fingerprint density at radius 1 is 0.862 bits per heavy atom. The first-order chi connectivity index (χ1) is 13.5. The molecule has 7 nitrogen and oxygen atoms in total. The molecular weight excluding hydrogens is 392 g/mol. The Labute approximate surface area is 175 Å². The third kappa shape index (κ3) is 4.85. The predicted molar refractivity (Wildman–Crippen MR) is 117 cm³/mol. The van der Waals surface area contributed by atoms with Gasteiger partial charge in [-0.25, -0.2) is 0 Å².